The molecule has 0 amide bonds. The van der Waals surface area contributed by atoms with E-state index in [0.717, 1.165) is 17.0 Å². The lowest BCUT2D eigenvalue weighted by atomic mass is 10.2. The largest absolute Gasteiger partial charge is 0.327 e. The molecule has 0 aliphatic carbocycles. The number of benzene rings is 2. The van der Waals surface area contributed by atoms with Crippen LogP contribution in [0.2, 0.25) is 0 Å². The van der Waals surface area contributed by atoms with Crippen LogP contribution >= 0.6 is 15.9 Å². The molecule has 0 radical (unpaired) electrons. The summed E-state index contributed by atoms with van der Waals surface area (Å²) in [6.07, 6.45) is 3.49. The van der Waals surface area contributed by atoms with Crippen LogP contribution in [0.5, 0.6) is 0 Å². The van der Waals surface area contributed by atoms with Crippen LogP contribution in [0.15, 0.2) is 59.3 Å². The van der Waals surface area contributed by atoms with E-state index in [0.29, 0.717) is 11.0 Å². The Kier molecular flexibility index (Phi) is 3.84. The predicted octanol–water partition coefficient (Wildman–Crippen LogP) is 4.64. The summed E-state index contributed by atoms with van der Waals surface area (Å²) in [6, 6.07) is 10.9. The number of rotatable bonds is 3. The molecule has 0 aliphatic rings. The second-order valence-corrected chi connectivity index (χ2v) is 5.58. The van der Waals surface area contributed by atoms with E-state index in [1.165, 1.54) is 24.3 Å². The first-order valence-corrected chi connectivity index (χ1v) is 7.13. The molecule has 106 valence electrons. The van der Waals surface area contributed by atoms with Crippen molar-refractivity contribution in [1.29, 1.82) is 0 Å². The summed E-state index contributed by atoms with van der Waals surface area (Å²) in [5.41, 5.74) is 1.64. The highest BCUT2D eigenvalue weighted by atomic mass is 79.9. The monoisotopic (exact) mass is 348 g/mol. The van der Waals surface area contributed by atoms with Gasteiger partial charge in [0, 0.05) is 29.0 Å². The molecule has 3 aromatic rings. The summed E-state index contributed by atoms with van der Waals surface area (Å²) in [5.74, 6) is 0.143. The van der Waals surface area contributed by atoms with Crippen molar-refractivity contribution in [2.45, 2.75) is 6.54 Å². The van der Waals surface area contributed by atoms with Crippen LogP contribution in [-0.2, 0) is 6.54 Å². The lowest BCUT2D eigenvalue weighted by Gasteiger charge is -2.09. The Bertz CT molecular complexity index is 746. The number of nitrogens with zero attached hydrogens (tertiary/aromatic N) is 2. The van der Waals surface area contributed by atoms with Gasteiger partial charge in [-0.15, -0.1) is 0 Å². The first kappa shape index (κ1) is 13.9. The molecule has 0 atom stereocenters. The predicted molar refractivity (Wildman–Crippen MR) is 80.8 cm³/mol. The quantitative estimate of drug-likeness (QED) is 0.674. The second kappa shape index (κ2) is 5.77. The standard InChI is InChI=1S/C16H11BrF2N2/c17-13-7-11(8-15(19)9-13)10-21-6-5-20-16(21)12-1-3-14(18)4-2-12/h1-9H,10H2. The second-order valence-electron chi connectivity index (χ2n) is 4.66. The van der Waals surface area contributed by atoms with Crippen LogP contribution in [0.25, 0.3) is 11.4 Å². The maximum Gasteiger partial charge on any atom is 0.140 e. The Hall–Kier alpha value is -2.01. The zero-order valence-corrected chi connectivity index (χ0v) is 12.5. The molecule has 0 spiro atoms. The third-order valence-corrected chi connectivity index (χ3v) is 3.55. The molecule has 5 heteroatoms. The van der Waals surface area contributed by atoms with Crippen molar-refractivity contribution in [3.63, 3.8) is 0 Å². The molecule has 2 nitrogen and oxygen atoms in total. The minimum Gasteiger partial charge on any atom is -0.327 e. The van der Waals surface area contributed by atoms with Crippen LogP contribution in [-0.4, -0.2) is 9.55 Å². The average molecular weight is 349 g/mol. The molecule has 1 aromatic heterocycles. The summed E-state index contributed by atoms with van der Waals surface area (Å²) in [6.45, 7) is 0.489. The Balaban J connectivity index is 1.94. The van der Waals surface area contributed by atoms with Crippen LogP contribution in [0.1, 0.15) is 5.56 Å². The minimum atomic E-state index is -0.289. The van der Waals surface area contributed by atoms with Gasteiger partial charge in [-0.05, 0) is 48.0 Å². The van der Waals surface area contributed by atoms with Gasteiger partial charge in [0.05, 0.1) is 0 Å². The number of halogens is 3. The number of hydrogen-bond acceptors (Lipinski definition) is 1. The molecule has 21 heavy (non-hydrogen) atoms. The highest BCUT2D eigenvalue weighted by molar-refractivity contribution is 9.10. The van der Waals surface area contributed by atoms with Crippen LogP contribution in [0, 0.1) is 11.6 Å². The summed E-state index contributed by atoms with van der Waals surface area (Å²) < 4.78 is 29.0. The van der Waals surface area contributed by atoms with Gasteiger partial charge in [-0.2, -0.15) is 0 Å². The smallest absolute Gasteiger partial charge is 0.140 e. The third kappa shape index (κ3) is 3.19. The van der Waals surface area contributed by atoms with Gasteiger partial charge >= 0.3 is 0 Å². The first-order valence-electron chi connectivity index (χ1n) is 6.34. The molecule has 0 unspecified atom stereocenters. The van der Waals surface area contributed by atoms with Gasteiger partial charge in [0.1, 0.15) is 17.5 Å². The molecule has 0 bridgehead atoms. The van der Waals surface area contributed by atoms with E-state index in [1.54, 1.807) is 18.3 Å². The van der Waals surface area contributed by atoms with Crippen LogP contribution in [0.4, 0.5) is 8.78 Å². The van der Waals surface area contributed by atoms with E-state index < -0.39 is 0 Å². The molecule has 0 N–H and O–H groups in total. The highest BCUT2D eigenvalue weighted by Crippen LogP contribution is 2.21. The van der Waals surface area contributed by atoms with E-state index in [1.807, 2.05) is 16.8 Å². The Morgan fingerprint density at radius 1 is 1.00 bits per heavy atom. The third-order valence-electron chi connectivity index (χ3n) is 3.09. The summed E-state index contributed by atoms with van der Waals surface area (Å²) in [5, 5.41) is 0. The van der Waals surface area contributed by atoms with Crippen molar-refractivity contribution in [2.24, 2.45) is 0 Å². The highest BCUT2D eigenvalue weighted by Gasteiger charge is 2.08. The van der Waals surface area contributed by atoms with Gasteiger partial charge in [-0.1, -0.05) is 15.9 Å². The number of aromatic nitrogens is 2. The van der Waals surface area contributed by atoms with Gasteiger partial charge < -0.3 is 4.57 Å². The van der Waals surface area contributed by atoms with E-state index in [2.05, 4.69) is 20.9 Å². The summed E-state index contributed by atoms with van der Waals surface area (Å²) >= 11 is 3.28. The molecule has 0 fully saturated rings. The Morgan fingerprint density at radius 2 is 1.76 bits per heavy atom. The van der Waals surface area contributed by atoms with Gasteiger partial charge in [-0.25, -0.2) is 13.8 Å². The van der Waals surface area contributed by atoms with Gasteiger partial charge in [0.15, 0.2) is 0 Å². The lowest BCUT2D eigenvalue weighted by molar-refractivity contribution is 0.622. The van der Waals surface area contributed by atoms with Crippen molar-refractivity contribution < 1.29 is 8.78 Å². The van der Waals surface area contributed by atoms with Crippen molar-refractivity contribution in [3.8, 4) is 11.4 Å². The van der Waals surface area contributed by atoms with Gasteiger partial charge in [0.25, 0.3) is 0 Å². The molecule has 1 heterocycles. The fraction of sp³-hybridized carbons (Fsp3) is 0.0625. The maximum absolute atomic E-state index is 13.4. The number of hydrogen-bond donors (Lipinski definition) is 0. The van der Waals surface area contributed by atoms with Crippen molar-refractivity contribution in [3.05, 3.63) is 76.5 Å². The molecule has 2 aromatic carbocycles. The van der Waals surface area contributed by atoms with E-state index in [-0.39, 0.29) is 11.6 Å². The van der Waals surface area contributed by atoms with E-state index in [9.17, 15) is 8.78 Å². The van der Waals surface area contributed by atoms with Crippen molar-refractivity contribution in [1.82, 2.24) is 9.55 Å². The van der Waals surface area contributed by atoms with Crippen molar-refractivity contribution >= 4 is 15.9 Å². The molecule has 0 saturated carbocycles. The molecular formula is C16H11BrF2N2. The zero-order valence-electron chi connectivity index (χ0n) is 10.9. The summed E-state index contributed by atoms with van der Waals surface area (Å²) in [4.78, 5) is 4.29. The minimum absolute atomic E-state index is 0.286. The fourth-order valence-electron chi connectivity index (χ4n) is 2.20. The fourth-order valence-corrected chi connectivity index (χ4v) is 2.71. The Morgan fingerprint density at radius 3 is 2.48 bits per heavy atom. The van der Waals surface area contributed by atoms with E-state index >= 15 is 0 Å². The molecule has 0 saturated heterocycles. The Labute approximate surface area is 129 Å². The summed E-state index contributed by atoms with van der Waals surface area (Å²) in [7, 11) is 0. The SMILES string of the molecule is Fc1ccc(-c2nccn2Cc2cc(F)cc(Br)c2)cc1. The first-order chi connectivity index (χ1) is 10.1. The average Bonchev–Trinajstić information content (AvgIpc) is 2.86. The normalized spacial score (nSPS) is 10.8. The number of imidazole rings is 1. The zero-order chi connectivity index (χ0) is 14.8. The molecule has 3 rings (SSSR count). The van der Waals surface area contributed by atoms with Crippen molar-refractivity contribution in [2.75, 3.05) is 0 Å². The van der Waals surface area contributed by atoms with Crippen LogP contribution in [0.3, 0.4) is 0 Å². The van der Waals surface area contributed by atoms with Gasteiger partial charge in [-0.3, -0.25) is 0 Å². The van der Waals surface area contributed by atoms with Gasteiger partial charge in [0.2, 0.25) is 0 Å². The topological polar surface area (TPSA) is 17.8 Å². The molecular weight excluding hydrogens is 338 g/mol. The lowest BCUT2D eigenvalue weighted by Crippen LogP contribution is -2.01. The van der Waals surface area contributed by atoms with Crippen LogP contribution < -0.4 is 0 Å². The van der Waals surface area contributed by atoms with E-state index in [4.69, 9.17) is 0 Å². The maximum atomic E-state index is 13.4. The molecule has 0 aliphatic heterocycles.